The minimum Gasteiger partial charge on any atom is -0.371 e. The van der Waals surface area contributed by atoms with Crippen LogP contribution < -0.4 is 5.32 Å². The van der Waals surface area contributed by atoms with Gasteiger partial charge in [-0.05, 0) is 43.2 Å². The first-order valence-corrected chi connectivity index (χ1v) is 11.5. The van der Waals surface area contributed by atoms with E-state index in [1.54, 1.807) is 49.2 Å². The topological polar surface area (TPSA) is 119 Å². The van der Waals surface area contributed by atoms with Gasteiger partial charge < -0.3 is 15.0 Å². The van der Waals surface area contributed by atoms with Crippen molar-refractivity contribution in [3.63, 3.8) is 0 Å². The number of nitrogens with zero attached hydrogens (tertiary/aromatic N) is 6. The van der Waals surface area contributed by atoms with Crippen molar-refractivity contribution in [3.8, 4) is 28.9 Å². The number of pyridine rings is 2. The zero-order valence-electron chi connectivity index (χ0n) is 18.8. The molecule has 0 aliphatic heterocycles. The Morgan fingerprint density at radius 2 is 2.03 bits per heavy atom. The van der Waals surface area contributed by atoms with Crippen LogP contribution in [0.3, 0.4) is 0 Å². The number of aromatic nitrogens is 6. The molecule has 1 amide bonds. The monoisotopic (exact) mass is 481 g/mol. The summed E-state index contributed by atoms with van der Waals surface area (Å²) in [5, 5.41) is 16.5. The Hall–Kier alpha value is -4.46. The summed E-state index contributed by atoms with van der Waals surface area (Å²) in [7, 11) is 0. The third-order valence-corrected chi connectivity index (χ3v) is 6.06. The third-order valence-electron chi connectivity index (χ3n) is 5.07. The lowest BCUT2D eigenvalue weighted by atomic mass is 10.1. The van der Waals surface area contributed by atoms with Gasteiger partial charge in [-0.3, -0.25) is 4.79 Å². The molecule has 10 heteroatoms. The first-order valence-electron chi connectivity index (χ1n) is 10.6. The summed E-state index contributed by atoms with van der Waals surface area (Å²) in [6.45, 7) is 3.03. The molecule has 9 nitrogen and oxygen atoms in total. The summed E-state index contributed by atoms with van der Waals surface area (Å²) in [4.78, 5) is 33.5. The van der Waals surface area contributed by atoms with Crippen LogP contribution in [0.15, 0.2) is 66.7 Å². The normalized spacial score (nSPS) is 12.5. The highest BCUT2D eigenvalue weighted by Gasteiger charge is 2.23. The Kier molecular flexibility index (Phi) is 5.78. The molecule has 0 aliphatic rings. The van der Waals surface area contributed by atoms with E-state index in [0.29, 0.717) is 33.6 Å². The van der Waals surface area contributed by atoms with E-state index in [1.165, 1.54) is 18.3 Å². The maximum atomic E-state index is 11.6. The van der Waals surface area contributed by atoms with Crippen LogP contribution in [0.25, 0.3) is 28.1 Å². The van der Waals surface area contributed by atoms with Gasteiger partial charge in [0.05, 0.1) is 11.3 Å². The molecule has 5 heterocycles. The van der Waals surface area contributed by atoms with E-state index < -0.39 is 5.60 Å². The molecule has 0 aliphatic carbocycles. The lowest BCUT2D eigenvalue weighted by Crippen LogP contribution is -2.18. The summed E-state index contributed by atoms with van der Waals surface area (Å²) < 4.78 is 1.90. The van der Waals surface area contributed by atoms with Crippen LogP contribution in [0, 0.1) is 11.8 Å². The Labute approximate surface area is 204 Å². The Balaban J connectivity index is 1.53. The number of hydrogen-bond acceptors (Lipinski definition) is 8. The van der Waals surface area contributed by atoms with E-state index in [-0.39, 0.29) is 5.91 Å². The molecule has 0 saturated carbocycles. The average Bonchev–Trinajstić information content (AvgIpc) is 3.54. The number of carbonyl (C=O) groups is 1. The fraction of sp³-hybridized carbons (Fsp3) is 0.120. The summed E-state index contributed by atoms with van der Waals surface area (Å²) in [5.74, 6) is 6.40. The van der Waals surface area contributed by atoms with Gasteiger partial charge in [0.15, 0.2) is 11.4 Å². The molecule has 0 fully saturated rings. The molecular weight excluding hydrogens is 462 g/mol. The van der Waals surface area contributed by atoms with Gasteiger partial charge in [-0.25, -0.2) is 24.9 Å². The highest BCUT2D eigenvalue weighted by atomic mass is 32.1. The van der Waals surface area contributed by atoms with Crippen LogP contribution in [-0.4, -0.2) is 40.5 Å². The molecule has 0 aromatic carbocycles. The number of anilines is 1. The van der Waals surface area contributed by atoms with Gasteiger partial charge in [-0.2, -0.15) is 0 Å². The van der Waals surface area contributed by atoms with Crippen LogP contribution in [0.1, 0.15) is 24.5 Å². The molecule has 0 radical (unpaired) electrons. The van der Waals surface area contributed by atoms with Gasteiger partial charge in [0, 0.05) is 48.7 Å². The summed E-state index contributed by atoms with van der Waals surface area (Å²) in [6, 6.07) is 9.15. The van der Waals surface area contributed by atoms with Crippen molar-refractivity contribution in [3.05, 3.63) is 77.4 Å². The fourth-order valence-electron chi connectivity index (χ4n) is 3.45. The van der Waals surface area contributed by atoms with Gasteiger partial charge in [0.1, 0.15) is 22.2 Å². The van der Waals surface area contributed by atoms with Gasteiger partial charge in [-0.1, -0.05) is 5.92 Å². The van der Waals surface area contributed by atoms with E-state index in [2.05, 4.69) is 37.1 Å². The largest absolute Gasteiger partial charge is 0.371 e. The molecule has 0 bridgehead atoms. The van der Waals surface area contributed by atoms with Crippen LogP contribution in [0.2, 0.25) is 0 Å². The Morgan fingerprint density at radius 3 is 2.83 bits per heavy atom. The minimum absolute atomic E-state index is 0.228. The molecule has 0 saturated heterocycles. The van der Waals surface area contributed by atoms with Gasteiger partial charge in [0.25, 0.3) is 0 Å². The molecule has 1 atom stereocenters. The lowest BCUT2D eigenvalue weighted by Gasteiger charge is -2.12. The number of amides is 1. The second-order valence-corrected chi connectivity index (χ2v) is 8.69. The second-order valence-electron chi connectivity index (χ2n) is 7.80. The van der Waals surface area contributed by atoms with Crippen LogP contribution in [0.4, 0.5) is 5.82 Å². The highest BCUT2D eigenvalue weighted by molar-refractivity contribution is 7.09. The third kappa shape index (κ3) is 4.63. The van der Waals surface area contributed by atoms with Crippen LogP contribution in [-0.2, 0) is 10.4 Å². The minimum atomic E-state index is -1.37. The molecule has 5 aromatic heterocycles. The SMILES string of the molecule is CC(=O)Nc1ncccc1-c1ncc2ccn(-c3ccnc(C#CC(C)(O)c4nccs4)c3)c2n1. The Morgan fingerprint density at radius 1 is 1.14 bits per heavy atom. The zero-order valence-corrected chi connectivity index (χ0v) is 19.6. The van der Waals surface area contributed by atoms with Crippen LogP contribution >= 0.6 is 11.3 Å². The van der Waals surface area contributed by atoms with Crippen molar-refractivity contribution < 1.29 is 9.90 Å². The molecular formula is C25H19N7O2S. The summed E-state index contributed by atoms with van der Waals surface area (Å²) in [5.41, 5.74) is 1.21. The quantitative estimate of drug-likeness (QED) is 0.377. The van der Waals surface area contributed by atoms with Gasteiger partial charge in [0.2, 0.25) is 5.91 Å². The lowest BCUT2D eigenvalue weighted by molar-refractivity contribution is -0.114. The Bertz CT molecular complexity index is 1600. The number of carbonyl (C=O) groups excluding carboxylic acids is 1. The van der Waals surface area contributed by atoms with Crippen molar-refractivity contribution in [2.75, 3.05) is 5.32 Å². The molecule has 1 unspecified atom stereocenters. The average molecular weight is 482 g/mol. The van der Waals surface area contributed by atoms with Crippen molar-refractivity contribution in [2.24, 2.45) is 0 Å². The van der Waals surface area contributed by atoms with Crippen molar-refractivity contribution in [2.45, 2.75) is 19.4 Å². The molecule has 2 N–H and O–H groups in total. The summed E-state index contributed by atoms with van der Waals surface area (Å²) in [6.07, 6.45) is 8.50. The molecule has 172 valence electrons. The predicted octanol–water partition coefficient (Wildman–Crippen LogP) is 3.55. The van der Waals surface area contributed by atoms with E-state index in [4.69, 9.17) is 4.98 Å². The predicted molar refractivity (Wildman–Crippen MR) is 133 cm³/mol. The maximum absolute atomic E-state index is 11.6. The van der Waals surface area contributed by atoms with E-state index in [9.17, 15) is 9.90 Å². The smallest absolute Gasteiger partial charge is 0.222 e. The van der Waals surface area contributed by atoms with Crippen molar-refractivity contribution >= 4 is 34.1 Å². The van der Waals surface area contributed by atoms with Gasteiger partial charge >= 0.3 is 0 Å². The zero-order chi connectivity index (χ0) is 24.4. The number of hydrogen-bond donors (Lipinski definition) is 2. The van der Waals surface area contributed by atoms with E-state index >= 15 is 0 Å². The summed E-state index contributed by atoms with van der Waals surface area (Å²) >= 11 is 1.34. The molecule has 35 heavy (non-hydrogen) atoms. The maximum Gasteiger partial charge on any atom is 0.222 e. The standard InChI is InChI=1S/C25H19N7O2S/c1-16(33)30-21-20(4-3-9-27-21)22-29-15-17-7-12-32(23(17)31-22)19-6-10-26-18(14-19)5-8-25(2,34)24-28-11-13-35-24/h3-4,6-7,9-15,34H,1-2H3,(H,27,30,33). The first kappa shape index (κ1) is 22.3. The number of aliphatic hydroxyl groups is 1. The van der Waals surface area contributed by atoms with Crippen molar-refractivity contribution in [1.82, 2.24) is 29.5 Å². The first-order chi connectivity index (χ1) is 16.9. The second kappa shape index (κ2) is 9.06. The van der Waals surface area contributed by atoms with E-state index in [1.807, 2.05) is 29.0 Å². The van der Waals surface area contributed by atoms with E-state index in [0.717, 1.165) is 11.1 Å². The van der Waals surface area contributed by atoms with Crippen LogP contribution in [0.5, 0.6) is 0 Å². The number of rotatable bonds is 4. The molecule has 5 rings (SSSR count). The van der Waals surface area contributed by atoms with Crippen molar-refractivity contribution in [1.29, 1.82) is 0 Å². The number of thiazole rings is 1. The van der Waals surface area contributed by atoms with Gasteiger partial charge in [-0.15, -0.1) is 11.3 Å². The highest BCUT2D eigenvalue weighted by Crippen LogP contribution is 2.26. The fourth-order valence-corrected chi connectivity index (χ4v) is 4.10. The number of fused-ring (bicyclic) bond motifs is 1. The number of nitrogens with one attached hydrogen (secondary N) is 1. The molecule has 0 spiro atoms. The molecule has 5 aromatic rings.